The van der Waals surface area contributed by atoms with Crippen LogP contribution in [0.5, 0.6) is 0 Å². The minimum atomic E-state index is -0.449. The molecule has 2 heterocycles. The number of nitrogens with one attached hydrogen (secondary N) is 1. The molecule has 2 aromatic heterocycles. The van der Waals surface area contributed by atoms with Gasteiger partial charge in [0.05, 0.1) is 11.7 Å². The van der Waals surface area contributed by atoms with E-state index in [0.717, 1.165) is 21.7 Å². The van der Waals surface area contributed by atoms with E-state index in [2.05, 4.69) is 11.6 Å². The molecule has 2 aromatic carbocycles. The van der Waals surface area contributed by atoms with E-state index in [4.69, 9.17) is 17.4 Å². The van der Waals surface area contributed by atoms with Crippen molar-refractivity contribution in [3.05, 3.63) is 93.8 Å². The van der Waals surface area contributed by atoms with Gasteiger partial charge < -0.3 is 0 Å². The van der Waals surface area contributed by atoms with Crippen LogP contribution in [0, 0.1) is 0 Å². The zero-order chi connectivity index (χ0) is 21.5. The Morgan fingerprint density at radius 2 is 1.90 bits per heavy atom. The number of hydrazine groups is 1. The number of carbonyl (C=O) groups is 1. The van der Waals surface area contributed by atoms with Gasteiger partial charge in [-0.25, -0.2) is 10.8 Å². The summed E-state index contributed by atoms with van der Waals surface area (Å²) < 4.78 is 1.25. The van der Waals surface area contributed by atoms with Gasteiger partial charge in [0.15, 0.2) is 0 Å². The summed E-state index contributed by atoms with van der Waals surface area (Å²) in [5.74, 6) is 4.60. The molecule has 0 unspecified atom stereocenters. The van der Waals surface area contributed by atoms with Crippen LogP contribution in [-0.4, -0.2) is 15.5 Å². The molecule has 0 aliphatic carbocycles. The predicted octanol–water partition coefficient (Wildman–Crippen LogP) is 4.10. The van der Waals surface area contributed by atoms with Gasteiger partial charge in [-0.2, -0.15) is 0 Å². The van der Waals surface area contributed by atoms with Crippen LogP contribution in [0.3, 0.4) is 0 Å². The molecule has 6 nitrogen and oxygen atoms in total. The molecule has 0 atom stereocenters. The maximum Gasteiger partial charge on any atom is 0.263 e. The second kappa shape index (κ2) is 9.98. The van der Waals surface area contributed by atoms with Crippen LogP contribution in [0.1, 0.15) is 5.56 Å². The van der Waals surface area contributed by atoms with E-state index < -0.39 is 5.91 Å². The second-order valence-electron chi connectivity index (χ2n) is 6.20. The van der Waals surface area contributed by atoms with Crippen molar-refractivity contribution < 1.29 is 4.79 Å². The lowest BCUT2D eigenvalue weighted by atomic mass is 10.1. The number of benzene rings is 2. The lowest BCUT2D eigenvalue weighted by Crippen LogP contribution is -2.36. The van der Waals surface area contributed by atoms with E-state index in [1.54, 1.807) is 6.08 Å². The normalized spacial score (nSPS) is 10.2. The molecule has 0 aliphatic heterocycles. The molecule has 3 N–H and O–H groups in total. The summed E-state index contributed by atoms with van der Waals surface area (Å²) in [7, 11) is 0. The lowest BCUT2D eigenvalue weighted by molar-refractivity contribution is -0.121. The summed E-state index contributed by atoms with van der Waals surface area (Å²) >= 11 is 7.04. The molecule has 1 amide bonds. The van der Waals surface area contributed by atoms with Crippen LogP contribution in [-0.2, 0) is 11.3 Å². The van der Waals surface area contributed by atoms with Crippen LogP contribution < -0.4 is 16.8 Å². The molecule has 0 saturated heterocycles. The zero-order valence-corrected chi connectivity index (χ0v) is 17.5. The van der Waals surface area contributed by atoms with Gasteiger partial charge in [0.2, 0.25) is 0 Å². The van der Waals surface area contributed by atoms with E-state index in [1.165, 1.54) is 22.2 Å². The first-order valence-electron chi connectivity index (χ1n) is 8.93. The molecule has 30 heavy (non-hydrogen) atoms. The number of fused-ring (bicyclic) bond motifs is 1. The van der Waals surface area contributed by atoms with Crippen LogP contribution >= 0.6 is 22.9 Å². The third-order valence-electron chi connectivity index (χ3n) is 4.23. The fourth-order valence-electron chi connectivity index (χ4n) is 2.71. The average Bonchev–Trinajstić information content (AvgIpc) is 3.22. The third kappa shape index (κ3) is 5.01. The number of thiophene rings is 1. The van der Waals surface area contributed by atoms with Crippen molar-refractivity contribution in [3.63, 3.8) is 0 Å². The summed E-state index contributed by atoms with van der Waals surface area (Å²) in [4.78, 5) is 28.8. The van der Waals surface area contributed by atoms with Crippen molar-refractivity contribution in [2.24, 2.45) is 5.84 Å². The van der Waals surface area contributed by atoms with E-state index in [1.807, 2.05) is 65.4 Å². The number of amides is 1. The van der Waals surface area contributed by atoms with E-state index in [0.29, 0.717) is 10.2 Å². The van der Waals surface area contributed by atoms with Crippen molar-refractivity contribution in [2.45, 2.75) is 6.54 Å². The monoisotopic (exact) mass is 438 g/mol. The molecule has 8 heteroatoms. The van der Waals surface area contributed by atoms with Crippen molar-refractivity contribution in [2.75, 3.05) is 0 Å². The molecule has 152 valence electrons. The molecule has 4 aromatic rings. The van der Waals surface area contributed by atoms with Crippen LogP contribution in [0.4, 0.5) is 0 Å². The lowest BCUT2D eigenvalue weighted by Gasteiger charge is -2.05. The third-order valence-corrected chi connectivity index (χ3v) is 5.36. The van der Waals surface area contributed by atoms with Crippen LogP contribution in [0.2, 0.25) is 5.02 Å². The minimum Gasteiger partial charge on any atom is -0.293 e. The van der Waals surface area contributed by atoms with Crippen LogP contribution in [0.25, 0.3) is 27.4 Å². The van der Waals surface area contributed by atoms with Crippen LogP contribution in [0.15, 0.2) is 77.7 Å². The Labute approximate surface area is 182 Å². The van der Waals surface area contributed by atoms with Crippen molar-refractivity contribution in [1.29, 1.82) is 0 Å². The minimum absolute atomic E-state index is 0.150. The fraction of sp³-hybridized carbons (Fsp3) is 0.0455. The van der Waals surface area contributed by atoms with E-state index >= 15 is 0 Å². The molecule has 0 aliphatic rings. The molecule has 0 fully saturated rings. The quantitative estimate of drug-likeness (QED) is 0.285. The van der Waals surface area contributed by atoms with Gasteiger partial charge in [0.25, 0.3) is 11.5 Å². The van der Waals surface area contributed by atoms with Gasteiger partial charge in [-0.1, -0.05) is 66.7 Å². The number of halogens is 1. The number of rotatable bonds is 4. The molecule has 0 radical (unpaired) electrons. The highest BCUT2D eigenvalue weighted by Crippen LogP contribution is 2.30. The number of nitrogens with two attached hydrogens (primary N) is 1. The number of carbonyl (C=O) groups excluding carboxylic acids is 1. The molecular formula is C22H19ClN4O2S. The van der Waals surface area contributed by atoms with Gasteiger partial charge >= 0.3 is 0 Å². The number of nitrogens with zero attached hydrogens (tertiary/aromatic N) is 2. The van der Waals surface area contributed by atoms with Gasteiger partial charge in [0.1, 0.15) is 11.4 Å². The summed E-state index contributed by atoms with van der Waals surface area (Å²) in [6, 6.07) is 17.2. The maximum absolute atomic E-state index is 12.5. The van der Waals surface area contributed by atoms with Gasteiger partial charge in [0, 0.05) is 16.0 Å². The fourth-order valence-corrected chi connectivity index (χ4v) is 3.74. The predicted molar refractivity (Wildman–Crippen MR) is 123 cm³/mol. The first kappa shape index (κ1) is 21.4. The summed E-state index contributed by atoms with van der Waals surface area (Å²) in [6.45, 7) is 3.47. The Balaban J connectivity index is 0.000000239. The molecule has 4 rings (SSSR count). The van der Waals surface area contributed by atoms with E-state index in [-0.39, 0.29) is 12.1 Å². The Bertz CT molecular complexity index is 1220. The van der Waals surface area contributed by atoms with Crippen molar-refractivity contribution in [1.82, 2.24) is 15.0 Å². The smallest absolute Gasteiger partial charge is 0.263 e. The highest BCUT2D eigenvalue weighted by Gasteiger charge is 2.14. The van der Waals surface area contributed by atoms with Gasteiger partial charge in [-0.05, 0) is 23.3 Å². The molecule has 0 bridgehead atoms. The van der Waals surface area contributed by atoms with E-state index in [9.17, 15) is 9.59 Å². The van der Waals surface area contributed by atoms with Crippen molar-refractivity contribution >= 4 is 45.1 Å². The summed E-state index contributed by atoms with van der Waals surface area (Å²) in [6.07, 6.45) is 3.15. The Kier molecular flexibility index (Phi) is 7.13. The number of hydrogen-bond donors (Lipinski definition) is 2. The first-order chi connectivity index (χ1) is 14.5. The van der Waals surface area contributed by atoms with Crippen molar-refractivity contribution in [3.8, 4) is 11.1 Å². The zero-order valence-electron chi connectivity index (χ0n) is 15.9. The molecule has 0 spiro atoms. The van der Waals surface area contributed by atoms with Gasteiger partial charge in [-0.3, -0.25) is 19.6 Å². The summed E-state index contributed by atoms with van der Waals surface area (Å²) in [5.41, 5.74) is 4.63. The topological polar surface area (TPSA) is 90.0 Å². The second-order valence-corrected chi connectivity index (χ2v) is 7.49. The standard InChI is InChI=1S/C14H12N4O2S.C8H7Cl/c15-17-11(19)6-18-8-16-13-12(14(18)20)10(7-21-13)9-4-2-1-3-5-9;1-2-7-3-5-8(9)6-4-7/h1-5,7-8H,6,15H2,(H,17,19);2-6H,1H2. The maximum atomic E-state index is 12.5. The SMILES string of the molecule is C=Cc1ccc(Cl)cc1.NNC(=O)Cn1cnc2scc(-c3ccccc3)c2c1=O. The number of hydrogen-bond acceptors (Lipinski definition) is 5. The molecular weight excluding hydrogens is 420 g/mol. The Hall–Kier alpha value is -3.26. The highest BCUT2D eigenvalue weighted by atomic mass is 35.5. The summed E-state index contributed by atoms with van der Waals surface area (Å²) in [5, 5.41) is 3.20. The molecule has 0 saturated carbocycles. The first-order valence-corrected chi connectivity index (χ1v) is 10.2. The Morgan fingerprint density at radius 3 is 2.53 bits per heavy atom. The highest BCUT2D eigenvalue weighted by molar-refractivity contribution is 7.17. The van der Waals surface area contributed by atoms with Gasteiger partial charge in [-0.15, -0.1) is 11.3 Å². The number of aromatic nitrogens is 2. The Morgan fingerprint density at radius 1 is 1.20 bits per heavy atom. The largest absolute Gasteiger partial charge is 0.293 e. The average molecular weight is 439 g/mol.